The van der Waals surface area contributed by atoms with E-state index in [9.17, 15) is 0 Å². The fourth-order valence-electron chi connectivity index (χ4n) is 2.78. The molecule has 0 N–H and O–H groups in total. The summed E-state index contributed by atoms with van der Waals surface area (Å²) in [6, 6.07) is 8.38. The minimum absolute atomic E-state index is 0.131. The largest absolute Gasteiger partial charge is 0.493 e. The molecule has 1 aliphatic heterocycles. The number of hydrogen-bond acceptors (Lipinski definition) is 2. The fourth-order valence-corrected chi connectivity index (χ4v) is 2.78. The summed E-state index contributed by atoms with van der Waals surface area (Å²) in [5, 5.41) is 0. The van der Waals surface area contributed by atoms with Crippen molar-refractivity contribution in [3.63, 3.8) is 0 Å². The molecule has 1 fully saturated rings. The van der Waals surface area contributed by atoms with Crippen LogP contribution in [0, 0.1) is 5.92 Å². The van der Waals surface area contributed by atoms with Gasteiger partial charge in [-0.1, -0.05) is 39.0 Å². The zero-order valence-electron chi connectivity index (χ0n) is 14.2. The molecule has 0 aromatic heterocycles. The molecule has 1 heterocycles. The SMILES string of the molecule is CC(CCOc1ccccc1C(C)C)CCC1OC1(C)C. The summed E-state index contributed by atoms with van der Waals surface area (Å²) in [5.74, 6) is 2.25. The molecule has 118 valence electrons. The third kappa shape index (κ3) is 4.74. The molecular weight excluding hydrogens is 260 g/mol. The number of epoxide rings is 1. The van der Waals surface area contributed by atoms with Gasteiger partial charge in [-0.25, -0.2) is 0 Å². The highest BCUT2D eigenvalue weighted by Crippen LogP contribution is 2.39. The molecule has 2 nitrogen and oxygen atoms in total. The van der Waals surface area contributed by atoms with Crippen molar-refractivity contribution < 1.29 is 9.47 Å². The van der Waals surface area contributed by atoms with E-state index in [4.69, 9.17) is 9.47 Å². The fraction of sp³-hybridized carbons (Fsp3) is 0.684. The Morgan fingerprint density at radius 3 is 2.43 bits per heavy atom. The van der Waals surface area contributed by atoms with E-state index in [0.29, 0.717) is 17.9 Å². The van der Waals surface area contributed by atoms with Gasteiger partial charge in [0.15, 0.2) is 0 Å². The topological polar surface area (TPSA) is 21.8 Å². The van der Waals surface area contributed by atoms with E-state index in [1.807, 2.05) is 0 Å². The van der Waals surface area contributed by atoms with Gasteiger partial charge in [0.2, 0.25) is 0 Å². The molecule has 21 heavy (non-hydrogen) atoms. The number of hydrogen-bond donors (Lipinski definition) is 0. The molecule has 0 saturated carbocycles. The molecule has 0 spiro atoms. The lowest BCUT2D eigenvalue weighted by atomic mass is 9.97. The number of rotatable bonds is 8. The Balaban J connectivity index is 1.69. The van der Waals surface area contributed by atoms with Gasteiger partial charge in [0, 0.05) is 0 Å². The smallest absolute Gasteiger partial charge is 0.122 e. The Hall–Kier alpha value is -1.02. The van der Waals surface area contributed by atoms with Crippen molar-refractivity contribution in [1.82, 2.24) is 0 Å². The van der Waals surface area contributed by atoms with Crippen LogP contribution in [-0.4, -0.2) is 18.3 Å². The normalized spacial score (nSPS) is 21.3. The first-order valence-corrected chi connectivity index (χ1v) is 8.29. The minimum Gasteiger partial charge on any atom is -0.493 e. The van der Waals surface area contributed by atoms with Crippen LogP contribution in [0.1, 0.15) is 65.4 Å². The van der Waals surface area contributed by atoms with Crippen LogP contribution >= 0.6 is 0 Å². The maximum Gasteiger partial charge on any atom is 0.122 e. The average Bonchev–Trinajstić information content (AvgIpc) is 3.04. The highest BCUT2D eigenvalue weighted by atomic mass is 16.6. The van der Waals surface area contributed by atoms with Gasteiger partial charge < -0.3 is 9.47 Å². The van der Waals surface area contributed by atoms with Crippen molar-refractivity contribution in [2.45, 2.75) is 71.5 Å². The molecule has 0 amide bonds. The molecule has 2 heteroatoms. The maximum absolute atomic E-state index is 6.00. The second-order valence-corrected chi connectivity index (χ2v) is 7.22. The Kier molecular flexibility index (Phi) is 5.32. The van der Waals surface area contributed by atoms with E-state index in [0.717, 1.165) is 18.8 Å². The number of ether oxygens (including phenoxy) is 2. The van der Waals surface area contributed by atoms with Crippen LogP contribution in [-0.2, 0) is 4.74 Å². The van der Waals surface area contributed by atoms with Crippen LogP contribution in [0.15, 0.2) is 24.3 Å². The van der Waals surface area contributed by atoms with Gasteiger partial charge in [0.25, 0.3) is 0 Å². The molecule has 1 aromatic rings. The van der Waals surface area contributed by atoms with Gasteiger partial charge in [0.1, 0.15) is 5.75 Å². The van der Waals surface area contributed by atoms with Gasteiger partial charge in [0.05, 0.1) is 18.3 Å². The molecule has 1 aromatic carbocycles. The van der Waals surface area contributed by atoms with E-state index < -0.39 is 0 Å². The van der Waals surface area contributed by atoms with E-state index in [1.165, 1.54) is 18.4 Å². The second-order valence-electron chi connectivity index (χ2n) is 7.22. The van der Waals surface area contributed by atoms with Crippen LogP contribution in [0.4, 0.5) is 0 Å². The first kappa shape index (κ1) is 16.4. The lowest BCUT2D eigenvalue weighted by molar-refractivity contribution is 0.268. The summed E-state index contributed by atoms with van der Waals surface area (Å²) >= 11 is 0. The zero-order chi connectivity index (χ0) is 15.5. The molecule has 1 saturated heterocycles. The monoisotopic (exact) mass is 290 g/mol. The summed E-state index contributed by atoms with van der Waals surface area (Å²) in [6.45, 7) is 11.9. The van der Waals surface area contributed by atoms with Gasteiger partial charge in [-0.3, -0.25) is 0 Å². The zero-order valence-corrected chi connectivity index (χ0v) is 14.2. The van der Waals surface area contributed by atoms with Crippen LogP contribution < -0.4 is 4.74 Å². The molecule has 1 aliphatic rings. The second kappa shape index (κ2) is 6.83. The van der Waals surface area contributed by atoms with Crippen LogP contribution in [0.25, 0.3) is 0 Å². The summed E-state index contributed by atoms with van der Waals surface area (Å²) < 4.78 is 11.6. The predicted octanol–water partition coefficient (Wildman–Crippen LogP) is 5.17. The Morgan fingerprint density at radius 2 is 1.81 bits per heavy atom. The first-order chi connectivity index (χ1) is 9.90. The lowest BCUT2D eigenvalue weighted by Gasteiger charge is -2.16. The Morgan fingerprint density at radius 1 is 1.14 bits per heavy atom. The van der Waals surface area contributed by atoms with Gasteiger partial charge in [-0.05, 0) is 56.6 Å². The third-order valence-corrected chi connectivity index (χ3v) is 4.50. The number of benzene rings is 1. The summed E-state index contributed by atoms with van der Waals surface area (Å²) in [7, 11) is 0. The molecule has 2 rings (SSSR count). The lowest BCUT2D eigenvalue weighted by Crippen LogP contribution is -2.08. The Bertz CT molecular complexity index is 451. The van der Waals surface area contributed by atoms with Crippen LogP contribution in [0.3, 0.4) is 0 Å². The molecular formula is C19H30O2. The number of para-hydroxylation sites is 1. The molecule has 2 unspecified atom stereocenters. The van der Waals surface area contributed by atoms with Crippen molar-refractivity contribution in [3.05, 3.63) is 29.8 Å². The predicted molar refractivity (Wildman–Crippen MR) is 88.0 cm³/mol. The van der Waals surface area contributed by atoms with Gasteiger partial charge in [-0.2, -0.15) is 0 Å². The van der Waals surface area contributed by atoms with Crippen molar-refractivity contribution in [1.29, 1.82) is 0 Å². The maximum atomic E-state index is 6.00. The third-order valence-electron chi connectivity index (χ3n) is 4.50. The minimum atomic E-state index is 0.131. The molecule has 0 aliphatic carbocycles. The van der Waals surface area contributed by atoms with Crippen molar-refractivity contribution >= 4 is 0 Å². The van der Waals surface area contributed by atoms with Crippen molar-refractivity contribution in [2.75, 3.05) is 6.61 Å². The van der Waals surface area contributed by atoms with Crippen molar-refractivity contribution in [3.8, 4) is 5.75 Å². The van der Waals surface area contributed by atoms with E-state index in [1.54, 1.807) is 0 Å². The molecule has 0 bridgehead atoms. The van der Waals surface area contributed by atoms with Crippen molar-refractivity contribution in [2.24, 2.45) is 5.92 Å². The molecule has 2 atom stereocenters. The van der Waals surface area contributed by atoms with Gasteiger partial charge >= 0.3 is 0 Å². The summed E-state index contributed by atoms with van der Waals surface area (Å²) in [5.41, 5.74) is 1.44. The first-order valence-electron chi connectivity index (χ1n) is 8.29. The standard InChI is InChI=1S/C19H30O2/c1-14(2)16-8-6-7-9-17(16)20-13-12-15(3)10-11-18-19(4,5)21-18/h6-9,14-15,18H,10-13H2,1-5H3. The van der Waals surface area contributed by atoms with Gasteiger partial charge in [-0.15, -0.1) is 0 Å². The molecule has 0 radical (unpaired) electrons. The van der Waals surface area contributed by atoms with E-state index in [-0.39, 0.29) is 5.60 Å². The van der Waals surface area contributed by atoms with Crippen LogP contribution in [0.5, 0.6) is 5.75 Å². The Labute approximate surface area is 129 Å². The summed E-state index contributed by atoms with van der Waals surface area (Å²) in [6.07, 6.45) is 3.99. The van der Waals surface area contributed by atoms with Crippen LogP contribution in [0.2, 0.25) is 0 Å². The average molecular weight is 290 g/mol. The van der Waals surface area contributed by atoms with E-state index >= 15 is 0 Å². The quantitative estimate of drug-likeness (QED) is 0.616. The highest BCUT2D eigenvalue weighted by molar-refractivity contribution is 5.35. The summed E-state index contributed by atoms with van der Waals surface area (Å²) in [4.78, 5) is 0. The highest BCUT2D eigenvalue weighted by Gasteiger charge is 2.46. The van der Waals surface area contributed by atoms with E-state index in [2.05, 4.69) is 58.9 Å².